The highest BCUT2D eigenvalue weighted by atomic mass is 16.1. The van der Waals surface area contributed by atoms with Gasteiger partial charge >= 0.3 is 0 Å². The summed E-state index contributed by atoms with van der Waals surface area (Å²) >= 11 is 0. The van der Waals surface area contributed by atoms with Gasteiger partial charge in [-0.25, -0.2) is 0 Å². The van der Waals surface area contributed by atoms with Crippen molar-refractivity contribution in [2.45, 2.75) is 26.7 Å². The van der Waals surface area contributed by atoms with Crippen molar-refractivity contribution in [2.75, 3.05) is 13.6 Å². The van der Waals surface area contributed by atoms with Gasteiger partial charge in [-0.3, -0.25) is 4.79 Å². The minimum atomic E-state index is -0.318. The Morgan fingerprint density at radius 1 is 1.14 bits per heavy atom. The lowest BCUT2D eigenvalue weighted by molar-refractivity contribution is -0.127. The lowest BCUT2D eigenvalue weighted by Crippen LogP contribution is -2.42. The molecule has 2 nitrogen and oxygen atoms in total. The number of hydrogen-bond acceptors (Lipinski definition) is 2. The third-order valence-corrected chi connectivity index (χ3v) is 5.58. The van der Waals surface area contributed by atoms with E-state index in [2.05, 4.69) is 62.2 Å². The van der Waals surface area contributed by atoms with E-state index in [1.165, 1.54) is 22.4 Å². The van der Waals surface area contributed by atoms with Gasteiger partial charge in [0.25, 0.3) is 0 Å². The second-order valence-corrected chi connectivity index (χ2v) is 7.04. The van der Waals surface area contributed by atoms with E-state index in [0.29, 0.717) is 12.2 Å². The predicted octanol–water partition coefficient (Wildman–Crippen LogP) is 3.66. The first kappa shape index (κ1) is 12.9. The van der Waals surface area contributed by atoms with Crippen molar-refractivity contribution in [2.24, 2.45) is 10.8 Å². The quantitative estimate of drug-likeness (QED) is 0.731. The molecule has 1 atom stereocenters. The van der Waals surface area contributed by atoms with E-state index in [1.807, 2.05) is 0 Å². The molecular weight excluding hydrogens is 258 g/mol. The van der Waals surface area contributed by atoms with E-state index < -0.39 is 0 Å². The van der Waals surface area contributed by atoms with Crippen LogP contribution < -0.4 is 0 Å². The Morgan fingerprint density at radius 2 is 1.86 bits per heavy atom. The third kappa shape index (κ3) is 1.45. The standard InChI is InChI=1S/C19H21NO/c1-18(2)14-10-12-20(3)17-16(13-7-5-4-6-8-13)19(14,17)11-9-15(18)21/h4-8,10H,9,11-12H2,1-3H3. The van der Waals surface area contributed by atoms with Crippen molar-refractivity contribution in [3.8, 4) is 0 Å². The minimum absolute atomic E-state index is 0.0474. The molecule has 1 aliphatic heterocycles. The summed E-state index contributed by atoms with van der Waals surface area (Å²) in [7, 11) is 2.17. The number of Topliss-reactive ketones (excluding diaryl/α,β-unsaturated/α-hetero) is 1. The number of hydrogen-bond donors (Lipinski definition) is 0. The number of allylic oxidation sites excluding steroid dienone is 2. The van der Waals surface area contributed by atoms with Crippen LogP contribution in [0.5, 0.6) is 0 Å². The molecule has 2 heteroatoms. The van der Waals surface area contributed by atoms with Gasteiger partial charge < -0.3 is 4.90 Å². The molecule has 1 spiro atoms. The Balaban J connectivity index is 1.87. The molecule has 0 radical (unpaired) electrons. The minimum Gasteiger partial charge on any atom is -0.373 e. The predicted molar refractivity (Wildman–Crippen MR) is 84.5 cm³/mol. The summed E-state index contributed by atoms with van der Waals surface area (Å²) in [6, 6.07) is 10.7. The van der Waals surface area contributed by atoms with Gasteiger partial charge in [-0.05, 0) is 37.0 Å². The summed E-state index contributed by atoms with van der Waals surface area (Å²) in [6.45, 7) is 5.12. The van der Waals surface area contributed by atoms with Crippen LogP contribution in [0.1, 0.15) is 32.3 Å². The van der Waals surface area contributed by atoms with E-state index in [-0.39, 0.29) is 10.8 Å². The number of nitrogens with zero attached hydrogens (tertiary/aromatic N) is 1. The van der Waals surface area contributed by atoms with Crippen molar-refractivity contribution in [3.05, 3.63) is 53.2 Å². The van der Waals surface area contributed by atoms with Crippen LogP contribution in [0, 0.1) is 10.8 Å². The van der Waals surface area contributed by atoms with Gasteiger partial charge in [0, 0.05) is 31.1 Å². The Hall–Kier alpha value is -1.83. The Kier molecular flexibility index (Phi) is 2.38. The third-order valence-electron chi connectivity index (χ3n) is 5.58. The second kappa shape index (κ2) is 3.88. The largest absolute Gasteiger partial charge is 0.373 e. The molecule has 1 aromatic carbocycles. The zero-order valence-corrected chi connectivity index (χ0v) is 12.9. The van der Waals surface area contributed by atoms with E-state index in [1.54, 1.807) is 0 Å². The Morgan fingerprint density at radius 3 is 2.57 bits per heavy atom. The molecule has 1 fully saturated rings. The van der Waals surface area contributed by atoms with E-state index in [4.69, 9.17) is 0 Å². The number of ketones is 1. The first-order chi connectivity index (χ1) is 9.99. The Bertz CT molecular complexity index is 696. The van der Waals surface area contributed by atoms with E-state index in [0.717, 1.165) is 13.0 Å². The molecule has 0 N–H and O–H groups in total. The molecule has 0 saturated heterocycles. The number of benzene rings is 1. The molecule has 2 aliphatic carbocycles. The lowest BCUT2D eigenvalue weighted by Gasteiger charge is -2.43. The molecule has 0 aromatic heterocycles. The average Bonchev–Trinajstić information content (AvgIpc) is 3.15. The van der Waals surface area contributed by atoms with Crippen LogP contribution in [0.2, 0.25) is 0 Å². The molecule has 0 bridgehead atoms. The highest BCUT2D eigenvalue weighted by molar-refractivity contribution is 6.00. The van der Waals surface area contributed by atoms with Crippen LogP contribution in [0.4, 0.5) is 0 Å². The summed E-state index contributed by atoms with van der Waals surface area (Å²) in [5.74, 6) is 0.391. The van der Waals surface area contributed by atoms with Crippen LogP contribution in [0.3, 0.4) is 0 Å². The zero-order valence-electron chi connectivity index (χ0n) is 12.9. The van der Waals surface area contributed by atoms with Gasteiger partial charge in [0.15, 0.2) is 0 Å². The van der Waals surface area contributed by atoms with Crippen molar-refractivity contribution in [1.82, 2.24) is 4.90 Å². The molecule has 108 valence electrons. The number of likely N-dealkylation sites (N-methyl/N-ethyl adjacent to an activating group) is 1. The fraction of sp³-hybridized carbons (Fsp3) is 0.421. The number of rotatable bonds is 1. The van der Waals surface area contributed by atoms with Gasteiger partial charge in [0.05, 0.1) is 5.41 Å². The van der Waals surface area contributed by atoms with E-state index >= 15 is 0 Å². The first-order valence-corrected chi connectivity index (χ1v) is 7.76. The zero-order chi connectivity index (χ0) is 14.8. The van der Waals surface area contributed by atoms with Crippen molar-refractivity contribution in [3.63, 3.8) is 0 Å². The maximum atomic E-state index is 12.4. The SMILES string of the molecule is CN1CC=C2C(C)(C)C(=O)CCC23C(c2ccccc2)=C13. The van der Waals surface area contributed by atoms with Crippen LogP contribution in [0.15, 0.2) is 47.7 Å². The van der Waals surface area contributed by atoms with Crippen LogP contribution in [-0.2, 0) is 4.79 Å². The second-order valence-electron chi connectivity index (χ2n) is 7.04. The molecule has 1 heterocycles. The molecule has 1 unspecified atom stereocenters. The van der Waals surface area contributed by atoms with Gasteiger partial charge in [-0.2, -0.15) is 0 Å². The summed E-state index contributed by atoms with van der Waals surface area (Å²) in [5, 5.41) is 0. The maximum absolute atomic E-state index is 12.4. The highest BCUT2D eigenvalue weighted by Gasteiger charge is 2.64. The fourth-order valence-corrected chi connectivity index (χ4v) is 4.50. The maximum Gasteiger partial charge on any atom is 0.142 e. The topological polar surface area (TPSA) is 20.3 Å². The Labute approximate surface area is 126 Å². The van der Waals surface area contributed by atoms with E-state index in [9.17, 15) is 4.79 Å². The van der Waals surface area contributed by atoms with Crippen molar-refractivity contribution in [1.29, 1.82) is 0 Å². The number of carbonyl (C=O) groups excluding carboxylic acids is 1. The normalized spacial score (nSPS) is 29.8. The molecule has 21 heavy (non-hydrogen) atoms. The van der Waals surface area contributed by atoms with Crippen LogP contribution in [0.25, 0.3) is 5.57 Å². The van der Waals surface area contributed by atoms with Crippen LogP contribution >= 0.6 is 0 Å². The monoisotopic (exact) mass is 279 g/mol. The fourth-order valence-electron chi connectivity index (χ4n) is 4.50. The first-order valence-electron chi connectivity index (χ1n) is 7.76. The summed E-state index contributed by atoms with van der Waals surface area (Å²) in [6.07, 6.45) is 3.94. The summed E-state index contributed by atoms with van der Waals surface area (Å²) < 4.78 is 0. The van der Waals surface area contributed by atoms with Crippen LogP contribution in [-0.4, -0.2) is 24.3 Å². The number of carbonyl (C=O) groups is 1. The molecule has 3 aliphatic rings. The van der Waals surface area contributed by atoms with Gasteiger partial charge in [0.2, 0.25) is 0 Å². The smallest absolute Gasteiger partial charge is 0.142 e. The van der Waals surface area contributed by atoms with Gasteiger partial charge in [0.1, 0.15) is 5.78 Å². The molecule has 1 saturated carbocycles. The van der Waals surface area contributed by atoms with Crippen molar-refractivity contribution < 1.29 is 4.79 Å². The van der Waals surface area contributed by atoms with Gasteiger partial charge in [-0.1, -0.05) is 36.4 Å². The lowest BCUT2D eigenvalue weighted by atomic mass is 9.61. The summed E-state index contributed by atoms with van der Waals surface area (Å²) in [4.78, 5) is 14.7. The molecule has 0 amide bonds. The van der Waals surface area contributed by atoms with Gasteiger partial charge in [-0.15, -0.1) is 0 Å². The molecule has 4 rings (SSSR count). The summed E-state index contributed by atoms with van der Waals surface area (Å²) in [5.41, 5.74) is 5.30. The average molecular weight is 279 g/mol. The highest BCUT2D eigenvalue weighted by Crippen LogP contribution is 2.72. The molecular formula is C19H21NO. The van der Waals surface area contributed by atoms with Crippen molar-refractivity contribution >= 4 is 11.4 Å². The molecule has 1 aromatic rings.